The summed E-state index contributed by atoms with van der Waals surface area (Å²) in [5.74, 6) is 1.08. The largest absolute Gasteiger partial charge is 0.383 e. The van der Waals surface area contributed by atoms with Crippen molar-refractivity contribution >= 4 is 27.9 Å². The fourth-order valence-electron chi connectivity index (χ4n) is 2.12. The summed E-state index contributed by atoms with van der Waals surface area (Å²) in [6.45, 7) is 1.74. The van der Waals surface area contributed by atoms with Crippen LogP contribution >= 0.6 is 0 Å². The molecule has 0 radical (unpaired) electrons. The SMILES string of the molecule is Cc1nc2c(cnn2C)c(=O)[nH]1.Cn1ncc2c(N)ncnc21. The quantitative estimate of drug-likeness (QED) is 0.463. The zero-order chi connectivity index (χ0) is 16.6. The standard InChI is InChI=1S/C7H8N4O.C6H7N5/c1-4-9-6-5(7(12)10-4)3-8-11(6)2;1-11-6-4(2-10-11)5(7)8-3-9-6/h3H,1-2H3,(H,9,10,12);2-3H,1H3,(H2,7,8,9). The molecule has 0 unspecified atom stereocenters. The third-order valence-corrected chi connectivity index (χ3v) is 3.28. The summed E-state index contributed by atoms with van der Waals surface area (Å²) in [5.41, 5.74) is 6.81. The van der Waals surface area contributed by atoms with E-state index >= 15 is 0 Å². The molecule has 4 aromatic rings. The van der Waals surface area contributed by atoms with Crippen LogP contribution in [0.1, 0.15) is 5.82 Å². The van der Waals surface area contributed by atoms with E-state index in [1.807, 2.05) is 7.05 Å². The molecule has 0 atom stereocenters. The lowest BCUT2D eigenvalue weighted by Crippen LogP contribution is -2.09. The predicted molar refractivity (Wildman–Crippen MR) is 84.6 cm³/mol. The fourth-order valence-corrected chi connectivity index (χ4v) is 2.12. The lowest BCUT2D eigenvalue weighted by atomic mass is 10.4. The van der Waals surface area contributed by atoms with Crippen LogP contribution in [0.5, 0.6) is 0 Å². The lowest BCUT2D eigenvalue weighted by Gasteiger charge is -1.93. The second kappa shape index (κ2) is 5.48. The van der Waals surface area contributed by atoms with Crippen molar-refractivity contribution in [3.8, 4) is 0 Å². The molecule has 0 saturated carbocycles. The van der Waals surface area contributed by atoms with Crippen molar-refractivity contribution in [1.29, 1.82) is 0 Å². The molecule has 0 amide bonds. The normalized spacial score (nSPS) is 10.7. The molecular formula is C13H15N9O. The van der Waals surface area contributed by atoms with Crippen molar-refractivity contribution in [3.05, 3.63) is 34.9 Å². The smallest absolute Gasteiger partial charge is 0.262 e. The number of aromatic nitrogens is 8. The van der Waals surface area contributed by atoms with Crippen molar-refractivity contribution in [2.24, 2.45) is 14.1 Å². The van der Waals surface area contributed by atoms with Gasteiger partial charge < -0.3 is 10.7 Å². The van der Waals surface area contributed by atoms with E-state index in [1.54, 1.807) is 29.5 Å². The highest BCUT2D eigenvalue weighted by Gasteiger charge is 2.04. The molecule has 0 aliphatic heterocycles. The molecular weight excluding hydrogens is 298 g/mol. The van der Waals surface area contributed by atoms with E-state index in [0.717, 1.165) is 11.0 Å². The number of hydrogen-bond donors (Lipinski definition) is 2. The van der Waals surface area contributed by atoms with Gasteiger partial charge in [-0.3, -0.25) is 14.2 Å². The van der Waals surface area contributed by atoms with Crippen LogP contribution in [0.15, 0.2) is 23.5 Å². The van der Waals surface area contributed by atoms with E-state index in [-0.39, 0.29) is 5.56 Å². The maximum absolute atomic E-state index is 11.3. The van der Waals surface area contributed by atoms with E-state index in [4.69, 9.17) is 5.73 Å². The van der Waals surface area contributed by atoms with Gasteiger partial charge in [-0.25, -0.2) is 15.0 Å². The number of hydrogen-bond acceptors (Lipinski definition) is 7. The minimum atomic E-state index is -0.134. The molecule has 4 rings (SSSR count). The third kappa shape index (κ3) is 2.61. The van der Waals surface area contributed by atoms with Gasteiger partial charge in [0.05, 0.1) is 17.8 Å². The topological polar surface area (TPSA) is 133 Å². The first kappa shape index (κ1) is 14.6. The Hall–Kier alpha value is -3.30. The number of nitrogens with two attached hydrogens (primary N) is 1. The van der Waals surface area contributed by atoms with Crippen LogP contribution in [-0.4, -0.2) is 39.5 Å². The summed E-state index contributed by atoms with van der Waals surface area (Å²) in [5, 5.41) is 9.25. The Bertz CT molecular complexity index is 1040. The van der Waals surface area contributed by atoms with Crippen LogP contribution < -0.4 is 11.3 Å². The van der Waals surface area contributed by atoms with E-state index in [1.165, 1.54) is 12.5 Å². The Balaban J connectivity index is 0.000000136. The predicted octanol–water partition coefficient (Wildman–Crippen LogP) is -0.0895. The van der Waals surface area contributed by atoms with Crippen LogP contribution in [0.25, 0.3) is 22.1 Å². The summed E-state index contributed by atoms with van der Waals surface area (Å²) < 4.78 is 3.24. The third-order valence-electron chi connectivity index (χ3n) is 3.28. The number of anilines is 1. The van der Waals surface area contributed by atoms with Crippen molar-refractivity contribution in [2.45, 2.75) is 6.92 Å². The first-order chi connectivity index (χ1) is 11.0. The van der Waals surface area contributed by atoms with Crippen LogP contribution in [0, 0.1) is 6.92 Å². The number of nitrogen functional groups attached to an aromatic ring is 1. The zero-order valence-corrected chi connectivity index (χ0v) is 12.8. The maximum atomic E-state index is 11.3. The highest BCUT2D eigenvalue weighted by molar-refractivity contribution is 5.84. The van der Waals surface area contributed by atoms with Gasteiger partial charge in [0.25, 0.3) is 5.56 Å². The average Bonchev–Trinajstić information content (AvgIpc) is 3.06. The maximum Gasteiger partial charge on any atom is 0.262 e. The van der Waals surface area contributed by atoms with Crippen LogP contribution in [0.2, 0.25) is 0 Å². The van der Waals surface area contributed by atoms with E-state index < -0.39 is 0 Å². The minimum Gasteiger partial charge on any atom is -0.383 e. The van der Waals surface area contributed by atoms with Crippen molar-refractivity contribution in [1.82, 2.24) is 39.5 Å². The molecule has 0 aliphatic carbocycles. The summed E-state index contributed by atoms with van der Waals surface area (Å²) >= 11 is 0. The second-order valence-corrected chi connectivity index (χ2v) is 4.92. The van der Waals surface area contributed by atoms with Crippen LogP contribution in [0.3, 0.4) is 0 Å². The molecule has 118 valence electrons. The molecule has 0 saturated heterocycles. The van der Waals surface area contributed by atoms with Crippen molar-refractivity contribution in [2.75, 3.05) is 5.73 Å². The molecule has 4 aromatic heterocycles. The van der Waals surface area contributed by atoms with Crippen LogP contribution in [0.4, 0.5) is 5.82 Å². The van der Waals surface area contributed by atoms with Gasteiger partial charge in [0.15, 0.2) is 11.3 Å². The Morgan fingerprint density at radius 2 is 1.70 bits per heavy atom. The lowest BCUT2D eigenvalue weighted by molar-refractivity contribution is 0.782. The number of aromatic amines is 1. The van der Waals surface area contributed by atoms with E-state index in [9.17, 15) is 4.79 Å². The summed E-state index contributed by atoms with van der Waals surface area (Å²) in [4.78, 5) is 25.9. The van der Waals surface area contributed by atoms with Gasteiger partial charge >= 0.3 is 0 Å². The highest BCUT2D eigenvalue weighted by Crippen LogP contribution is 2.13. The fraction of sp³-hybridized carbons (Fsp3) is 0.231. The molecule has 4 heterocycles. The zero-order valence-electron chi connectivity index (χ0n) is 12.8. The Morgan fingerprint density at radius 3 is 2.39 bits per heavy atom. The molecule has 3 N–H and O–H groups in total. The van der Waals surface area contributed by atoms with Gasteiger partial charge in [-0.2, -0.15) is 10.2 Å². The first-order valence-corrected chi connectivity index (χ1v) is 6.74. The summed E-state index contributed by atoms with van der Waals surface area (Å²) in [7, 11) is 3.57. The molecule has 0 aliphatic rings. The highest BCUT2D eigenvalue weighted by atomic mass is 16.1. The minimum absolute atomic E-state index is 0.134. The first-order valence-electron chi connectivity index (χ1n) is 6.74. The molecule has 0 spiro atoms. The monoisotopic (exact) mass is 313 g/mol. The molecule has 0 fully saturated rings. The molecule has 10 nitrogen and oxygen atoms in total. The van der Waals surface area contributed by atoms with Crippen molar-refractivity contribution in [3.63, 3.8) is 0 Å². The number of H-pyrrole nitrogens is 1. The Morgan fingerprint density at radius 1 is 1.04 bits per heavy atom. The van der Waals surface area contributed by atoms with Crippen LogP contribution in [-0.2, 0) is 14.1 Å². The van der Waals surface area contributed by atoms with Gasteiger partial charge in [-0.15, -0.1) is 0 Å². The Kier molecular flexibility index (Phi) is 3.48. The second-order valence-electron chi connectivity index (χ2n) is 4.92. The average molecular weight is 313 g/mol. The molecule has 10 heteroatoms. The van der Waals surface area contributed by atoms with Gasteiger partial charge in [0.1, 0.15) is 23.4 Å². The van der Waals surface area contributed by atoms with Gasteiger partial charge in [-0.1, -0.05) is 0 Å². The van der Waals surface area contributed by atoms with Crippen molar-refractivity contribution < 1.29 is 0 Å². The van der Waals surface area contributed by atoms with Gasteiger partial charge in [0, 0.05) is 14.1 Å². The van der Waals surface area contributed by atoms with Gasteiger partial charge in [0.2, 0.25) is 0 Å². The Labute approximate surface area is 130 Å². The number of fused-ring (bicyclic) bond motifs is 2. The summed E-state index contributed by atoms with van der Waals surface area (Å²) in [6.07, 6.45) is 4.60. The number of nitrogens with one attached hydrogen (secondary N) is 1. The van der Waals surface area contributed by atoms with E-state index in [0.29, 0.717) is 22.7 Å². The van der Waals surface area contributed by atoms with E-state index in [2.05, 4.69) is 30.1 Å². The summed E-state index contributed by atoms with van der Waals surface area (Å²) in [6, 6.07) is 0. The number of aryl methyl sites for hydroxylation is 3. The number of rotatable bonds is 0. The molecule has 0 aromatic carbocycles. The molecule has 23 heavy (non-hydrogen) atoms. The number of nitrogens with zero attached hydrogens (tertiary/aromatic N) is 7. The van der Waals surface area contributed by atoms with Gasteiger partial charge in [-0.05, 0) is 6.92 Å². The molecule has 0 bridgehead atoms.